The molecule has 1 aliphatic rings. The number of rotatable bonds is 0. The number of allylic oxidation sites excluding steroid dienone is 1. The van der Waals surface area contributed by atoms with Gasteiger partial charge in [-0.3, -0.25) is 0 Å². The van der Waals surface area contributed by atoms with E-state index >= 15 is 0 Å². The van der Waals surface area contributed by atoms with Crippen molar-refractivity contribution in [2.24, 2.45) is 0 Å². The molecule has 0 amide bonds. The van der Waals surface area contributed by atoms with Gasteiger partial charge in [0.2, 0.25) is 0 Å². The Labute approximate surface area is 73.5 Å². The van der Waals surface area contributed by atoms with E-state index in [0.717, 1.165) is 0 Å². The molecule has 0 fully saturated rings. The Hall–Kier alpha value is -0.521. The zero-order valence-electron chi connectivity index (χ0n) is 6.50. The van der Waals surface area contributed by atoms with Gasteiger partial charge in [-0.05, 0) is 0 Å². The molecule has 0 nitrogen and oxygen atoms in total. The fourth-order valence-electron chi connectivity index (χ4n) is 1.36. The first-order chi connectivity index (χ1) is 5.42. The summed E-state index contributed by atoms with van der Waals surface area (Å²) in [5, 5.41) is 1.29. The van der Waals surface area contributed by atoms with Gasteiger partial charge in [-0.15, -0.1) is 0 Å². The van der Waals surface area contributed by atoms with Gasteiger partial charge in [0.05, 0.1) is 0 Å². The third-order valence-electron chi connectivity index (χ3n) is 1.93. The molecule has 0 aromatic heterocycles. The molecule has 1 aromatic rings. The van der Waals surface area contributed by atoms with Gasteiger partial charge >= 0.3 is 73.1 Å². The summed E-state index contributed by atoms with van der Waals surface area (Å²) < 4.78 is 1.58. The quantitative estimate of drug-likeness (QED) is 0.575. The van der Waals surface area contributed by atoms with E-state index < -0.39 is 0 Å². The second-order valence-corrected chi connectivity index (χ2v) is 4.73. The standard InChI is InChI=1S/C10H10Se/c1-2-10-9-6-4-3-5-8(9)7-11-10/h2-6H,7H2,1H3/b10-2-. The Morgan fingerprint density at radius 1 is 1.36 bits per heavy atom. The SMILES string of the molecule is C/C=C1\[Se]Cc2ccccc21. The molecule has 0 radical (unpaired) electrons. The van der Waals surface area contributed by atoms with Crippen molar-refractivity contribution in [2.75, 3.05) is 0 Å². The van der Waals surface area contributed by atoms with E-state index in [2.05, 4.69) is 37.3 Å². The van der Waals surface area contributed by atoms with Crippen molar-refractivity contribution in [3.63, 3.8) is 0 Å². The van der Waals surface area contributed by atoms with E-state index in [9.17, 15) is 0 Å². The Kier molecular flexibility index (Phi) is 1.85. The first-order valence-electron chi connectivity index (χ1n) is 3.79. The Morgan fingerprint density at radius 3 is 3.00 bits per heavy atom. The van der Waals surface area contributed by atoms with Gasteiger partial charge in [0.25, 0.3) is 0 Å². The first-order valence-corrected chi connectivity index (χ1v) is 5.86. The number of hydrogen-bond acceptors (Lipinski definition) is 0. The summed E-state index contributed by atoms with van der Waals surface area (Å²) in [6, 6.07) is 8.74. The van der Waals surface area contributed by atoms with E-state index in [1.54, 1.807) is 10.0 Å². The predicted octanol–water partition coefficient (Wildman–Crippen LogP) is 2.27. The molecular formula is C10H10Se. The van der Waals surface area contributed by atoms with Crippen LogP contribution in [0.3, 0.4) is 0 Å². The minimum atomic E-state index is 0.707. The van der Waals surface area contributed by atoms with Crippen LogP contribution < -0.4 is 0 Å². The van der Waals surface area contributed by atoms with Crippen molar-refractivity contribution in [1.29, 1.82) is 0 Å². The molecule has 0 saturated heterocycles. The van der Waals surface area contributed by atoms with Crippen molar-refractivity contribution < 1.29 is 0 Å². The van der Waals surface area contributed by atoms with Crippen LogP contribution in [0.4, 0.5) is 0 Å². The van der Waals surface area contributed by atoms with Crippen molar-refractivity contribution >= 4 is 19.4 Å². The first kappa shape index (κ1) is 7.15. The molecule has 1 aromatic carbocycles. The average Bonchev–Trinajstić information content (AvgIpc) is 2.47. The number of fused-ring (bicyclic) bond motifs is 1. The molecule has 56 valence electrons. The third kappa shape index (κ3) is 1.15. The molecule has 0 unspecified atom stereocenters. The van der Waals surface area contributed by atoms with Gasteiger partial charge in [-0.2, -0.15) is 0 Å². The summed E-state index contributed by atoms with van der Waals surface area (Å²) in [5.74, 6) is 0. The van der Waals surface area contributed by atoms with Crippen LogP contribution in [0.15, 0.2) is 30.3 Å². The van der Waals surface area contributed by atoms with Crippen LogP contribution in [0, 0.1) is 0 Å². The van der Waals surface area contributed by atoms with Gasteiger partial charge in [-0.25, -0.2) is 0 Å². The Morgan fingerprint density at radius 2 is 2.18 bits per heavy atom. The molecule has 0 spiro atoms. The van der Waals surface area contributed by atoms with E-state index in [1.165, 1.54) is 10.9 Å². The summed E-state index contributed by atoms with van der Waals surface area (Å²) in [6.45, 7) is 2.14. The maximum atomic E-state index is 2.26. The molecule has 11 heavy (non-hydrogen) atoms. The molecule has 0 atom stereocenters. The van der Waals surface area contributed by atoms with Crippen molar-refractivity contribution in [3.05, 3.63) is 41.5 Å². The van der Waals surface area contributed by atoms with E-state index in [4.69, 9.17) is 0 Å². The summed E-state index contributed by atoms with van der Waals surface area (Å²) in [7, 11) is 0. The van der Waals surface area contributed by atoms with Crippen LogP contribution in [0.2, 0.25) is 0 Å². The van der Waals surface area contributed by atoms with Crippen LogP contribution in [0.1, 0.15) is 18.1 Å². The molecule has 0 saturated carbocycles. The van der Waals surface area contributed by atoms with Gasteiger partial charge in [0.1, 0.15) is 0 Å². The van der Waals surface area contributed by atoms with Crippen LogP contribution >= 0.6 is 0 Å². The second kappa shape index (κ2) is 2.84. The molecule has 0 aliphatic carbocycles. The molecule has 1 aliphatic heterocycles. The van der Waals surface area contributed by atoms with Gasteiger partial charge < -0.3 is 0 Å². The Balaban J connectivity index is 2.55. The summed E-state index contributed by atoms with van der Waals surface area (Å²) in [4.78, 5) is 0. The van der Waals surface area contributed by atoms with Gasteiger partial charge in [0.15, 0.2) is 0 Å². The monoisotopic (exact) mass is 210 g/mol. The number of hydrogen-bond donors (Lipinski definition) is 0. The topological polar surface area (TPSA) is 0 Å². The summed E-state index contributed by atoms with van der Waals surface area (Å²) >= 11 is 0.707. The summed E-state index contributed by atoms with van der Waals surface area (Å²) in [5.41, 5.74) is 3.04. The van der Waals surface area contributed by atoms with Crippen LogP contribution in [-0.4, -0.2) is 15.0 Å². The molecule has 0 bridgehead atoms. The van der Waals surface area contributed by atoms with Crippen molar-refractivity contribution in [3.8, 4) is 0 Å². The molecule has 2 rings (SSSR count). The average molecular weight is 209 g/mol. The maximum absolute atomic E-state index is 2.26. The minimum absolute atomic E-state index is 0.707. The van der Waals surface area contributed by atoms with E-state index in [-0.39, 0.29) is 0 Å². The zero-order chi connectivity index (χ0) is 7.68. The van der Waals surface area contributed by atoms with Crippen LogP contribution in [0.25, 0.3) is 4.47 Å². The third-order valence-corrected chi connectivity index (χ3v) is 4.49. The van der Waals surface area contributed by atoms with Crippen molar-refractivity contribution in [1.82, 2.24) is 0 Å². The van der Waals surface area contributed by atoms with E-state index in [1.807, 2.05) is 0 Å². The Bertz CT molecular complexity index is 299. The summed E-state index contributed by atoms with van der Waals surface area (Å²) in [6.07, 6.45) is 2.26. The fourth-order valence-corrected chi connectivity index (χ4v) is 3.63. The molecule has 0 N–H and O–H groups in total. The number of benzene rings is 1. The second-order valence-electron chi connectivity index (χ2n) is 2.60. The van der Waals surface area contributed by atoms with Crippen LogP contribution in [-0.2, 0) is 5.32 Å². The van der Waals surface area contributed by atoms with Crippen LogP contribution in [0.5, 0.6) is 0 Å². The molecule has 1 heterocycles. The fraction of sp³-hybridized carbons (Fsp3) is 0.200. The zero-order valence-corrected chi connectivity index (χ0v) is 8.22. The predicted molar refractivity (Wildman–Crippen MR) is 49.6 cm³/mol. The van der Waals surface area contributed by atoms with Crippen molar-refractivity contribution in [2.45, 2.75) is 12.2 Å². The molecular weight excluding hydrogens is 199 g/mol. The van der Waals surface area contributed by atoms with Gasteiger partial charge in [-0.1, -0.05) is 0 Å². The van der Waals surface area contributed by atoms with E-state index in [0.29, 0.717) is 15.0 Å². The normalized spacial score (nSPS) is 18.8. The molecule has 1 heteroatoms. The van der Waals surface area contributed by atoms with Gasteiger partial charge in [0, 0.05) is 0 Å².